The molecule has 0 saturated heterocycles. The van der Waals surface area contributed by atoms with Crippen molar-refractivity contribution in [3.05, 3.63) is 39.7 Å². The van der Waals surface area contributed by atoms with Crippen LogP contribution in [0.3, 0.4) is 0 Å². The first-order valence-electron chi connectivity index (χ1n) is 8.48. The number of anilines is 1. The van der Waals surface area contributed by atoms with Crippen LogP contribution in [-0.2, 0) is 11.2 Å². The number of nitrogens with two attached hydrogens (primary N) is 1. The van der Waals surface area contributed by atoms with Crippen molar-refractivity contribution in [2.24, 2.45) is 0 Å². The lowest BCUT2D eigenvalue weighted by atomic mass is 9.97. The number of hydrogen-bond donors (Lipinski definition) is 1. The lowest BCUT2D eigenvalue weighted by molar-refractivity contribution is 0.0213. The summed E-state index contributed by atoms with van der Waals surface area (Å²) in [6.07, 6.45) is 6.23. The predicted octanol–water partition coefficient (Wildman–Crippen LogP) is 5.70. The van der Waals surface area contributed by atoms with Gasteiger partial charge in [-0.05, 0) is 49.8 Å². The first-order chi connectivity index (χ1) is 11.6. The number of rotatable bonds is 4. The van der Waals surface area contributed by atoms with Crippen molar-refractivity contribution in [3.63, 3.8) is 0 Å². The minimum Gasteiger partial charge on any atom is -0.459 e. The Morgan fingerprint density at radius 2 is 1.92 bits per heavy atom. The van der Waals surface area contributed by atoms with E-state index in [9.17, 15) is 4.79 Å². The van der Waals surface area contributed by atoms with Gasteiger partial charge >= 0.3 is 5.97 Å². The van der Waals surface area contributed by atoms with Gasteiger partial charge in [-0.2, -0.15) is 0 Å². The summed E-state index contributed by atoms with van der Waals surface area (Å²) in [6.45, 7) is 2.07. The summed E-state index contributed by atoms with van der Waals surface area (Å²) in [5.41, 5.74) is 8.56. The zero-order chi connectivity index (χ0) is 17.1. The fraction of sp³-hybridized carbons (Fsp3) is 0.421. The Morgan fingerprint density at radius 1 is 1.25 bits per heavy atom. The third-order valence-electron chi connectivity index (χ3n) is 4.49. The molecule has 24 heavy (non-hydrogen) atoms. The first-order valence-corrected chi connectivity index (χ1v) is 9.67. The van der Waals surface area contributed by atoms with Crippen LogP contribution in [0.25, 0.3) is 11.1 Å². The normalized spacial score (nSPS) is 15.4. The number of nitrogen functional groups attached to an aromatic ring is 1. The van der Waals surface area contributed by atoms with E-state index >= 15 is 0 Å². The van der Waals surface area contributed by atoms with Crippen LogP contribution < -0.4 is 5.73 Å². The maximum absolute atomic E-state index is 12.8. The maximum atomic E-state index is 12.8. The van der Waals surface area contributed by atoms with Crippen molar-refractivity contribution in [3.8, 4) is 11.1 Å². The van der Waals surface area contributed by atoms with Crippen LogP contribution in [-0.4, -0.2) is 12.1 Å². The lowest BCUT2D eigenvalue weighted by Gasteiger charge is -2.22. The Hall–Kier alpha value is -1.52. The van der Waals surface area contributed by atoms with Gasteiger partial charge in [0.15, 0.2) is 0 Å². The van der Waals surface area contributed by atoms with Gasteiger partial charge in [-0.25, -0.2) is 4.79 Å². The molecule has 2 aromatic rings. The molecule has 3 rings (SSSR count). The molecular formula is C19H22ClNO2S. The number of ether oxygens (including phenoxy) is 1. The van der Waals surface area contributed by atoms with Crippen molar-refractivity contribution in [1.29, 1.82) is 0 Å². The van der Waals surface area contributed by atoms with Crippen molar-refractivity contribution in [2.75, 3.05) is 5.73 Å². The smallest absolute Gasteiger partial charge is 0.342 e. The fourth-order valence-electron chi connectivity index (χ4n) is 3.26. The van der Waals surface area contributed by atoms with E-state index in [2.05, 4.69) is 6.92 Å². The van der Waals surface area contributed by atoms with Crippen LogP contribution in [0.15, 0.2) is 24.3 Å². The highest BCUT2D eigenvalue weighted by Gasteiger charge is 2.26. The first kappa shape index (κ1) is 17.3. The second kappa shape index (κ2) is 7.58. The van der Waals surface area contributed by atoms with Gasteiger partial charge in [0.25, 0.3) is 0 Å². The summed E-state index contributed by atoms with van der Waals surface area (Å²) in [7, 11) is 0. The van der Waals surface area contributed by atoms with E-state index in [0.717, 1.165) is 48.1 Å². The molecule has 1 aromatic carbocycles. The average Bonchev–Trinajstić information content (AvgIpc) is 2.93. The van der Waals surface area contributed by atoms with E-state index < -0.39 is 0 Å². The number of benzene rings is 1. The van der Waals surface area contributed by atoms with E-state index in [1.54, 1.807) is 0 Å². The van der Waals surface area contributed by atoms with Crippen LogP contribution in [0, 0.1) is 0 Å². The van der Waals surface area contributed by atoms with Crippen molar-refractivity contribution >= 4 is 33.9 Å². The topological polar surface area (TPSA) is 52.3 Å². The van der Waals surface area contributed by atoms with Crippen molar-refractivity contribution < 1.29 is 9.53 Å². The molecule has 2 N–H and O–H groups in total. The van der Waals surface area contributed by atoms with Crippen molar-refractivity contribution in [1.82, 2.24) is 0 Å². The highest BCUT2D eigenvalue weighted by molar-refractivity contribution is 7.17. The van der Waals surface area contributed by atoms with Crippen LogP contribution in [0.1, 0.15) is 54.3 Å². The minimum absolute atomic E-state index is 0.0219. The number of hydrogen-bond acceptors (Lipinski definition) is 4. The summed E-state index contributed by atoms with van der Waals surface area (Å²) in [5.74, 6) is -0.291. The molecule has 0 bridgehead atoms. The third-order valence-corrected chi connectivity index (χ3v) is 5.91. The second-order valence-corrected chi connectivity index (χ2v) is 7.74. The zero-order valence-corrected chi connectivity index (χ0v) is 15.4. The van der Waals surface area contributed by atoms with Crippen LogP contribution in [0.4, 0.5) is 5.00 Å². The Balaban J connectivity index is 1.95. The molecule has 1 fully saturated rings. The van der Waals surface area contributed by atoms with Crippen molar-refractivity contribution in [2.45, 2.75) is 51.6 Å². The summed E-state index contributed by atoms with van der Waals surface area (Å²) in [6, 6.07) is 7.53. The largest absolute Gasteiger partial charge is 0.459 e. The standard InChI is InChI=1S/C19H22ClNO2S/c1-2-15-16(12-8-10-13(20)11-9-12)17(18(21)24-15)19(22)23-14-6-4-3-5-7-14/h8-11,14H,2-7,21H2,1H3. The molecule has 0 spiro atoms. The van der Waals surface area contributed by atoms with Gasteiger partial charge in [0.2, 0.25) is 0 Å². The molecule has 0 aliphatic heterocycles. The Morgan fingerprint density at radius 3 is 2.54 bits per heavy atom. The monoisotopic (exact) mass is 363 g/mol. The number of halogens is 1. The predicted molar refractivity (Wildman–Crippen MR) is 101 cm³/mol. The molecule has 1 saturated carbocycles. The van der Waals surface area contributed by atoms with Gasteiger partial charge in [0, 0.05) is 15.5 Å². The van der Waals surface area contributed by atoms with E-state index in [4.69, 9.17) is 22.1 Å². The average molecular weight is 364 g/mol. The Bertz CT molecular complexity index is 718. The molecular weight excluding hydrogens is 342 g/mol. The number of carbonyl (C=O) groups is 1. The van der Waals surface area contributed by atoms with Gasteiger partial charge in [0.05, 0.1) is 0 Å². The molecule has 1 heterocycles. The van der Waals surface area contributed by atoms with Crippen LogP contribution >= 0.6 is 22.9 Å². The van der Waals surface area contributed by atoms with Gasteiger partial charge in [0.1, 0.15) is 16.7 Å². The molecule has 3 nitrogen and oxygen atoms in total. The third kappa shape index (κ3) is 3.60. The van der Waals surface area contributed by atoms with Gasteiger partial charge < -0.3 is 10.5 Å². The maximum Gasteiger partial charge on any atom is 0.342 e. The molecule has 1 aromatic heterocycles. The quantitative estimate of drug-likeness (QED) is 0.708. The Kier molecular flexibility index (Phi) is 5.47. The second-order valence-electron chi connectivity index (χ2n) is 6.17. The minimum atomic E-state index is -0.291. The van der Waals surface area contributed by atoms with E-state index in [1.807, 2.05) is 24.3 Å². The molecule has 1 aliphatic rings. The zero-order valence-electron chi connectivity index (χ0n) is 13.8. The number of esters is 1. The van der Waals surface area contributed by atoms with E-state index in [0.29, 0.717) is 15.6 Å². The number of thiophene rings is 1. The van der Waals surface area contributed by atoms with E-state index in [-0.39, 0.29) is 12.1 Å². The number of aryl methyl sites for hydroxylation is 1. The molecule has 5 heteroatoms. The van der Waals surface area contributed by atoms with E-state index in [1.165, 1.54) is 17.8 Å². The van der Waals surface area contributed by atoms with Gasteiger partial charge in [-0.15, -0.1) is 11.3 Å². The van der Waals surface area contributed by atoms with Crippen LogP contribution in [0.2, 0.25) is 5.02 Å². The van der Waals surface area contributed by atoms with Gasteiger partial charge in [-0.3, -0.25) is 0 Å². The fourth-order valence-corrected chi connectivity index (χ4v) is 4.41. The van der Waals surface area contributed by atoms with Crippen LogP contribution in [0.5, 0.6) is 0 Å². The summed E-state index contributed by atoms with van der Waals surface area (Å²) < 4.78 is 5.76. The summed E-state index contributed by atoms with van der Waals surface area (Å²) in [4.78, 5) is 13.9. The lowest BCUT2D eigenvalue weighted by Crippen LogP contribution is -2.21. The molecule has 1 aliphatic carbocycles. The van der Waals surface area contributed by atoms with Gasteiger partial charge in [-0.1, -0.05) is 37.1 Å². The highest BCUT2D eigenvalue weighted by Crippen LogP contribution is 2.40. The molecule has 0 unspecified atom stereocenters. The molecule has 0 atom stereocenters. The molecule has 0 amide bonds. The SMILES string of the molecule is CCc1sc(N)c(C(=O)OC2CCCCC2)c1-c1ccc(Cl)cc1. The highest BCUT2D eigenvalue weighted by atomic mass is 35.5. The molecule has 0 radical (unpaired) electrons. The number of carbonyl (C=O) groups excluding carboxylic acids is 1. The summed E-state index contributed by atoms with van der Waals surface area (Å²) in [5, 5.41) is 1.21. The molecule has 128 valence electrons. The summed E-state index contributed by atoms with van der Waals surface area (Å²) >= 11 is 7.47. The Labute approximate surface area is 151 Å².